The Balaban J connectivity index is 1.58. The molecule has 27 heavy (non-hydrogen) atoms. The van der Waals surface area contributed by atoms with Crippen molar-refractivity contribution < 1.29 is 9.90 Å². The van der Waals surface area contributed by atoms with Gasteiger partial charge in [0.1, 0.15) is 0 Å². The van der Waals surface area contributed by atoms with Gasteiger partial charge in [-0.3, -0.25) is 4.79 Å². The summed E-state index contributed by atoms with van der Waals surface area (Å²) in [5, 5.41) is 10.7. The summed E-state index contributed by atoms with van der Waals surface area (Å²) in [6.45, 7) is 3.20. The number of aliphatic hydroxyl groups is 1. The number of carbonyl (C=O) groups excluding carboxylic acids is 1. The largest absolute Gasteiger partial charge is 0.389 e. The van der Waals surface area contributed by atoms with Crippen molar-refractivity contribution >= 4 is 17.5 Å². The van der Waals surface area contributed by atoms with Crippen LogP contribution < -0.4 is 5.73 Å². The number of piperidine rings is 1. The first-order valence-corrected chi connectivity index (χ1v) is 9.89. The number of aliphatic hydroxyl groups excluding tert-OH is 1. The first-order chi connectivity index (χ1) is 13.0. The summed E-state index contributed by atoms with van der Waals surface area (Å²) in [7, 11) is 0. The summed E-state index contributed by atoms with van der Waals surface area (Å²) < 4.78 is 0. The van der Waals surface area contributed by atoms with E-state index in [1.807, 2.05) is 47.4 Å². The third-order valence-electron chi connectivity index (χ3n) is 5.38. The Morgan fingerprint density at radius 3 is 2.44 bits per heavy atom. The summed E-state index contributed by atoms with van der Waals surface area (Å²) in [4.78, 5) is 14.6. The fourth-order valence-electron chi connectivity index (χ4n) is 3.87. The molecule has 0 radical (unpaired) electrons. The monoisotopic (exact) mass is 386 g/mol. The van der Waals surface area contributed by atoms with E-state index in [2.05, 4.69) is 6.07 Å². The van der Waals surface area contributed by atoms with E-state index in [0.29, 0.717) is 30.5 Å². The molecule has 1 fully saturated rings. The molecule has 1 heterocycles. The van der Waals surface area contributed by atoms with E-state index in [0.717, 1.165) is 24.0 Å². The lowest BCUT2D eigenvalue weighted by molar-refractivity contribution is -0.133. The molecular weight excluding hydrogens is 360 g/mol. The van der Waals surface area contributed by atoms with Gasteiger partial charge in [0, 0.05) is 18.1 Å². The fraction of sp³-hybridized carbons (Fsp3) is 0.409. The van der Waals surface area contributed by atoms with Crippen LogP contribution in [0.4, 0.5) is 0 Å². The number of nitrogens with two attached hydrogens (primary N) is 1. The van der Waals surface area contributed by atoms with E-state index >= 15 is 0 Å². The number of hydrogen-bond donors (Lipinski definition) is 2. The topological polar surface area (TPSA) is 66.6 Å². The van der Waals surface area contributed by atoms with Crippen LogP contribution in [-0.4, -0.2) is 35.0 Å². The molecule has 1 aliphatic rings. The van der Waals surface area contributed by atoms with Gasteiger partial charge in [0.25, 0.3) is 0 Å². The molecule has 144 valence electrons. The van der Waals surface area contributed by atoms with Gasteiger partial charge in [0.15, 0.2) is 0 Å². The van der Waals surface area contributed by atoms with E-state index in [4.69, 9.17) is 17.3 Å². The van der Waals surface area contributed by atoms with Crippen molar-refractivity contribution in [3.05, 3.63) is 70.2 Å². The zero-order valence-electron chi connectivity index (χ0n) is 15.6. The Morgan fingerprint density at radius 1 is 1.19 bits per heavy atom. The van der Waals surface area contributed by atoms with Crippen LogP contribution in [0.5, 0.6) is 0 Å². The lowest BCUT2D eigenvalue weighted by atomic mass is 9.85. The quantitative estimate of drug-likeness (QED) is 0.823. The molecule has 4 nitrogen and oxygen atoms in total. The predicted molar refractivity (Wildman–Crippen MR) is 109 cm³/mol. The average Bonchev–Trinajstić information content (AvgIpc) is 2.69. The molecule has 1 saturated heterocycles. The van der Waals surface area contributed by atoms with Gasteiger partial charge >= 0.3 is 0 Å². The van der Waals surface area contributed by atoms with Gasteiger partial charge in [-0.1, -0.05) is 48.0 Å². The lowest BCUT2D eigenvalue weighted by Crippen LogP contribution is -2.47. The third-order valence-corrected chi connectivity index (χ3v) is 5.63. The molecule has 0 spiro atoms. The molecule has 0 aliphatic carbocycles. The molecule has 2 aromatic carbocycles. The SMILES string of the molecule is C[C@@H](O)c1ccccc1C1CCN(C(=O)[C@H](N)Cc2ccc(Cl)cc2)CC1. The normalized spacial score (nSPS) is 17.6. The van der Waals surface area contributed by atoms with E-state index in [1.54, 1.807) is 6.92 Å². The standard InChI is InChI=1S/C22H27ClN2O2/c1-15(26)19-4-2-3-5-20(19)17-10-12-25(13-11-17)22(27)21(24)14-16-6-8-18(23)9-7-16/h2-9,15,17,21,26H,10-14,24H2,1H3/t15-,21-/m1/s1. The fourth-order valence-corrected chi connectivity index (χ4v) is 4.00. The maximum absolute atomic E-state index is 12.7. The van der Waals surface area contributed by atoms with Crippen LogP contribution in [0.3, 0.4) is 0 Å². The smallest absolute Gasteiger partial charge is 0.239 e. The van der Waals surface area contributed by atoms with Crippen LogP contribution in [0, 0.1) is 0 Å². The van der Waals surface area contributed by atoms with Crippen molar-refractivity contribution in [1.82, 2.24) is 4.90 Å². The Hall–Kier alpha value is -1.88. The van der Waals surface area contributed by atoms with Gasteiger partial charge in [-0.25, -0.2) is 0 Å². The summed E-state index contributed by atoms with van der Waals surface area (Å²) in [6, 6.07) is 15.0. The molecule has 0 bridgehead atoms. The van der Waals surface area contributed by atoms with E-state index in [-0.39, 0.29) is 5.91 Å². The second kappa shape index (κ2) is 8.87. The number of likely N-dealkylation sites (tertiary alicyclic amines) is 1. The minimum atomic E-state index is -0.535. The maximum Gasteiger partial charge on any atom is 0.239 e. The number of hydrogen-bond acceptors (Lipinski definition) is 3. The van der Waals surface area contributed by atoms with Gasteiger partial charge in [-0.05, 0) is 60.9 Å². The van der Waals surface area contributed by atoms with Gasteiger partial charge in [-0.15, -0.1) is 0 Å². The molecule has 0 aromatic heterocycles. The van der Waals surface area contributed by atoms with Crippen molar-refractivity contribution in [3.63, 3.8) is 0 Å². The third kappa shape index (κ3) is 4.89. The predicted octanol–water partition coefficient (Wildman–Crippen LogP) is 3.67. The Labute approximate surface area is 165 Å². The minimum absolute atomic E-state index is 0.00668. The number of rotatable bonds is 5. The van der Waals surface area contributed by atoms with Crippen LogP contribution in [0.25, 0.3) is 0 Å². The molecule has 3 rings (SSSR count). The van der Waals surface area contributed by atoms with Crippen LogP contribution in [-0.2, 0) is 11.2 Å². The molecule has 0 unspecified atom stereocenters. The van der Waals surface area contributed by atoms with Crippen molar-refractivity contribution in [2.75, 3.05) is 13.1 Å². The molecule has 3 N–H and O–H groups in total. The highest BCUT2D eigenvalue weighted by atomic mass is 35.5. The van der Waals surface area contributed by atoms with E-state index < -0.39 is 12.1 Å². The van der Waals surface area contributed by atoms with Crippen molar-refractivity contribution in [2.24, 2.45) is 5.73 Å². The first kappa shape index (κ1) is 19.9. The molecule has 0 saturated carbocycles. The second-order valence-electron chi connectivity index (χ2n) is 7.34. The molecular formula is C22H27ClN2O2. The van der Waals surface area contributed by atoms with Crippen molar-refractivity contribution in [1.29, 1.82) is 0 Å². The molecule has 1 aliphatic heterocycles. The zero-order chi connectivity index (χ0) is 19.4. The Bertz CT molecular complexity index is 768. The number of amides is 1. The Kier molecular flexibility index (Phi) is 6.53. The first-order valence-electron chi connectivity index (χ1n) is 9.51. The van der Waals surface area contributed by atoms with Crippen LogP contribution >= 0.6 is 11.6 Å². The summed E-state index contributed by atoms with van der Waals surface area (Å²) >= 11 is 5.91. The highest BCUT2D eigenvalue weighted by Gasteiger charge is 2.28. The molecule has 5 heteroatoms. The van der Waals surface area contributed by atoms with Gasteiger partial charge in [-0.2, -0.15) is 0 Å². The zero-order valence-corrected chi connectivity index (χ0v) is 16.4. The minimum Gasteiger partial charge on any atom is -0.389 e. The molecule has 2 aromatic rings. The van der Waals surface area contributed by atoms with Crippen LogP contribution in [0.15, 0.2) is 48.5 Å². The van der Waals surface area contributed by atoms with Gasteiger partial charge in [0.05, 0.1) is 12.1 Å². The van der Waals surface area contributed by atoms with E-state index in [1.165, 1.54) is 5.56 Å². The van der Waals surface area contributed by atoms with Gasteiger partial charge < -0.3 is 15.7 Å². The summed E-state index contributed by atoms with van der Waals surface area (Å²) in [5.74, 6) is 0.375. The van der Waals surface area contributed by atoms with Crippen molar-refractivity contribution in [3.8, 4) is 0 Å². The molecule has 1 amide bonds. The number of halogens is 1. The average molecular weight is 387 g/mol. The maximum atomic E-state index is 12.7. The summed E-state index contributed by atoms with van der Waals surface area (Å²) in [5.41, 5.74) is 9.37. The molecule has 2 atom stereocenters. The summed E-state index contributed by atoms with van der Waals surface area (Å²) in [6.07, 6.45) is 1.82. The number of benzene rings is 2. The van der Waals surface area contributed by atoms with Crippen molar-refractivity contribution in [2.45, 2.75) is 44.2 Å². The highest BCUT2D eigenvalue weighted by Crippen LogP contribution is 2.33. The van der Waals surface area contributed by atoms with Crippen LogP contribution in [0.2, 0.25) is 5.02 Å². The van der Waals surface area contributed by atoms with Crippen LogP contribution in [0.1, 0.15) is 48.5 Å². The van der Waals surface area contributed by atoms with Gasteiger partial charge in [0.2, 0.25) is 5.91 Å². The Morgan fingerprint density at radius 2 is 1.81 bits per heavy atom. The number of carbonyl (C=O) groups is 1. The number of nitrogens with zero attached hydrogens (tertiary/aromatic N) is 1. The highest BCUT2D eigenvalue weighted by molar-refractivity contribution is 6.30. The van der Waals surface area contributed by atoms with E-state index in [9.17, 15) is 9.90 Å². The lowest BCUT2D eigenvalue weighted by Gasteiger charge is -2.34. The second-order valence-corrected chi connectivity index (χ2v) is 7.78.